The summed E-state index contributed by atoms with van der Waals surface area (Å²) in [5, 5.41) is 0.467. The predicted octanol–water partition coefficient (Wildman–Crippen LogP) is 3.21. The molecule has 2 aliphatic rings. The van der Waals surface area contributed by atoms with E-state index in [2.05, 4.69) is 4.72 Å². The topological polar surface area (TPSA) is 75.7 Å². The smallest absolute Gasteiger partial charge is 0.261 e. The van der Waals surface area contributed by atoms with Crippen LogP contribution in [0.4, 0.5) is 11.4 Å². The van der Waals surface area contributed by atoms with Gasteiger partial charge in [0.1, 0.15) is 6.10 Å². The fraction of sp³-hybridized carbons (Fsp3) is 0.316. The van der Waals surface area contributed by atoms with Crippen molar-refractivity contribution in [2.45, 2.75) is 30.3 Å². The molecule has 6 nitrogen and oxygen atoms in total. The third kappa shape index (κ3) is 3.67. The van der Waals surface area contributed by atoms with Crippen LogP contribution in [0, 0.1) is 0 Å². The lowest BCUT2D eigenvalue weighted by Crippen LogP contribution is -2.37. The molecule has 2 aromatic rings. The maximum absolute atomic E-state index is 12.7. The van der Waals surface area contributed by atoms with Crippen LogP contribution in [0.5, 0.6) is 0 Å². The van der Waals surface area contributed by atoms with Crippen molar-refractivity contribution in [2.24, 2.45) is 0 Å². The molecular formula is C19H19ClN2O4S. The molecule has 8 heteroatoms. The SMILES string of the molecule is O=C(C1CCCO1)N1CCc2ccc(NS(=O)(=O)c3ccc(Cl)cc3)cc21. The first-order valence-corrected chi connectivity index (χ1v) is 10.6. The number of rotatable bonds is 4. The molecule has 142 valence electrons. The summed E-state index contributed by atoms with van der Waals surface area (Å²) in [7, 11) is -3.74. The molecule has 0 radical (unpaired) electrons. The van der Waals surface area contributed by atoms with Gasteiger partial charge in [0.2, 0.25) is 0 Å². The van der Waals surface area contributed by atoms with Crippen molar-refractivity contribution in [1.29, 1.82) is 0 Å². The molecule has 2 heterocycles. The second-order valence-corrected chi connectivity index (χ2v) is 8.76. The lowest BCUT2D eigenvalue weighted by atomic mass is 10.1. The molecule has 0 spiro atoms. The molecule has 1 atom stereocenters. The Labute approximate surface area is 163 Å². The van der Waals surface area contributed by atoms with Crippen LogP contribution in [0.2, 0.25) is 5.02 Å². The van der Waals surface area contributed by atoms with E-state index in [1.807, 2.05) is 6.07 Å². The number of ether oxygens (including phenoxy) is 1. The molecule has 0 saturated carbocycles. The number of fused-ring (bicyclic) bond motifs is 1. The van der Waals surface area contributed by atoms with Crippen LogP contribution in [0.25, 0.3) is 0 Å². The Hall–Kier alpha value is -2.09. The summed E-state index contributed by atoms with van der Waals surface area (Å²) in [5.74, 6) is -0.0519. The summed E-state index contributed by atoms with van der Waals surface area (Å²) in [5.41, 5.74) is 2.18. The maximum atomic E-state index is 12.7. The summed E-state index contributed by atoms with van der Waals surface area (Å²) in [6.07, 6.45) is 1.97. The number of carbonyl (C=O) groups excluding carboxylic acids is 1. The number of anilines is 2. The van der Waals surface area contributed by atoms with Crippen molar-refractivity contribution in [1.82, 2.24) is 0 Å². The monoisotopic (exact) mass is 406 g/mol. The van der Waals surface area contributed by atoms with E-state index < -0.39 is 16.1 Å². The quantitative estimate of drug-likeness (QED) is 0.845. The molecule has 0 aliphatic carbocycles. The van der Waals surface area contributed by atoms with Crippen LogP contribution in [0.1, 0.15) is 18.4 Å². The van der Waals surface area contributed by atoms with Crippen molar-refractivity contribution in [2.75, 3.05) is 22.8 Å². The van der Waals surface area contributed by atoms with Crippen molar-refractivity contribution in [3.05, 3.63) is 53.1 Å². The van der Waals surface area contributed by atoms with E-state index in [0.29, 0.717) is 23.9 Å². The van der Waals surface area contributed by atoms with Gasteiger partial charge < -0.3 is 9.64 Å². The Bertz CT molecular complexity index is 970. The number of hydrogen-bond acceptors (Lipinski definition) is 4. The van der Waals surface area contributed by atoms with E-state index in [9.17, 15) is 13.2 Å². The van der Waals surface area contributed by atoms with Crippen LogP contribution in [0.15, 0.2) is 47.4 Å². The standard InChI is InChI=1S/C19H19ClN2O4S/c20-14-4-7-16(8-5-14)27(24,25)21-15-6-3-13-9-10-22(17(13)12-15)19(23)18-2-1-11-26-18/h3-8,12,18,21H,1-2,9-11H2. The van der Waals surface area contributed by atoms with Gasteiger partial charge in [-0.2, -0.15) is 0 Å². The van der Waals surface area contributed by atoms with E-state index >= 15 is 0 Å². The average Bonchev–Trinajstić information content (AvgIpc) is 3.31. The predicted molar refractivity (Wildman–Crippen MR) is 104 cm³/mol. The van der Waals surface area contributed by atoms with Crippen molar-refractivity contribution >= 4 is 38.9 Å². The number of benzene rings is 2. The highest BCUT2D eigenvalue weighted by Crippen LogP contribution is 2.33. The van der Waals surface area contributed by atoms with Gasteiger partial charge in [0.15, 0.2) is 0 Å². The fourth-order valence-electron chi connectivity index (χ4n) is 3.45. The van der Waals surface area contributed by atoms with Gasteiger partial charge in [0, 0.05) is 23.9 Å². The number of nitrogens with zero attached hydrogens (tertiary/aromatic N) is 1. The highest BCUT2D eigenvalue weighted by Gasteiger charge is 2.33. The molecular weight excluding hydrogens is 388 g/mol. The summed E-state index contributed by atoms with van der Waals surface area (Å²) < 4.78 is 33.2. The van der Waals surface area contributed by atoms with Gasteiger partial charge in [-0.3, -0.25) is 9.52 Å². The second kappa shape index (κ2) is 7.14. The Kier molecular flexibility index (Phi) is 4.84. The molecule has 1 unspecified atom stereocenters. The maximum Gasteiger partial charge on any atom is 0.261 e. The molecule has 27 heavy (non-hydrogen) atoms. The van der Waals surface area contributed by atoms with Gasteiger partial charge in [0.25, 0.3) is 15.9 Å². The van der Waals surface area contributed by atoms with E-state index in [0.717, 1.165) is 30.5 Å². The molecule has 2 aliphatic heterocycles. The average molecular weight is 407 g/mol. The first-order chi connectivity index (χ1) is 12.9. The van der Waals surface area contributed by atoms with Gasteiger partial charge in [-0.15, -0.1) is 0 Å². The summed E-state index contributed by atoms with van der Waals surface area (Å²) in [4.78, 5) is 14.5. The minimum absolute atomic E-state index is 0.0519. The third-order valence-corrected chi connectivity index (χ3v) is 6.48. The molecule has 1 fully saturated rings. The Morgan fingerprint density at radius 2 is 1.96 bits per heavy atom. The molecule has 2 aromatic carbocycles. The normalized spacial score (nSPS) is 19.1. The second-order valence-electron chi connectivity index (χ2n) is 6.64. The summed E-state index contributed by atoms with van der Waals surface area (Å²) in [6.45, 7) is 1.19. The summed E-state index contributed by atoms with van der Waals surface area (Å²) in [6, 6.07) is 11.2. The first kappa shape index (κ1) is 18.3. The van der Waals surface area contributed by atoms with Crippen molar-refractivity contribution in [3.63, 3.8) is 0 Å². The van der Waals surface area contributed by atoms with Crippen LogP contribution in [0.3, 0.4) is 0 Å². The zero-order valence-corrected chi connectivity index (χ0v) is 16.1. The van der Waals surface area contributed by atoms with Crippen LogP contribution < -0.4 is 9.62 Å². The first-order valence-electron chi connectivity index (χ1n) is 8.78. The van der Waals surface area contributed by atoms with Crippen LogP contribution in [-0.4, -0.2) is 33.6 Å². The van der Waals surface area contributed by atoms with Crippen molar-refractivity contribution < 1.29 is 17.9 Å². The van der Waals surface area contributed by atoms with Gasteiger partial charge in [-0.25, -0.2) is 8.42 Å². The summed E-state index contributed by atoms with van der Waals surface area (Å²) >= 11 is 5.82. The van der Waals surface area contributed by atoms with Crippen LogP contribution >= 0.6 is 11.6 Å². The number of halogens is 1. The largest absolute Gasteiger partial charge is 0.368 e. The van der Waals surface area contributed by atoms with E-state index in [-0.39, 0.29) is 10.8 Å². The van der Waals surface area contributed by atoms with Crippen LogP contribution in [-0.2, 0) is 26.0 Å². The van der Waals surface area contributed by atoms with Gasteiger partial charge in [0.05, 0.1) is 10.6 Å². The van der Waals surface area contributed by atoms with Gasteiger partial charge >= 0.3 is 0 Å². The molecule has 1 N–H and O–H groups in total. The molecule has 4 rings (SSSR count). The van der Waals surface area contributed by atoms with Crippen molar-refractivity contribution in [3.8, 4) is 0 Å². The zero-order chi connectivity index (χ0) is 19.0. The lowest BCUT2D eigenvalue weighted by Gasteiger charge is -2.21. The number of nitrogens with one attached hydrogen (secondary N) is 1. The van der Waals surface area contributed by atoms with Gasteiger partial charge in [-0.05, 0) is 61.2 Å². The zero-order valence-electron chi connectivity index (χ0n) is 14.5. The van der Waals surface area contributed by atoms with E-state index in [1.54, 1.807) is 17.0 Å². The Balaban J connectivity index is 1.58. The van der Waals surface area contributed by atoms with E-state index in [1.165, 1.54) is 24.3 Å². The number of amides is 1. The number of hydrogen-bond donors (Lipinski definition) is 1. The number of sulfonamides is 1. The number of carbonyl (C=O) groups is 1. The Morgan fingerprint density at radius 3 is 2.67 bits per heavy atom. The highest BCUT2D eigenvalue weighted by atomic mass is 35.5. The minimum atomic E-state index is -3.74. The molecule has 1 amide bonds. The minimum Gasteiger partial charge on any atom is -0.368 e. The Morgan fingerprint density at radius 1 is 1.19 bits per heavy atom. The van der Waals surface area contributed by atoms with E-state index in [4.69, 9.17) is 16.3 Å². The molecule has 0 aromatic heterocycles. The van der Waals surface area contributed by atoms with Gasteiger partial charge in [-0.1, -0.05) is 17.7 Å². The fourth-order valence-corrected chi connectivity index (χ4v) is 4.62. The molecule has 0 bridgehead atoms. The molecule has 1 saturated heterocycles. The lowest BCUT2D eigenvalue weighted by molar-refractivity contribution is -0.127. The third-order valence-electron chi connectivity index (χ3n) is 4.83. The highest BCUT2D eigenvalue weighted by molar-refractivity contribution is 7.92.